The van der Waals surface area contributed by atoms with Gasteiger partial charge in [0.15, 0.2) is 0 Å². The first-order valence-electron chi connectivity index (χ1n) is 7.66. The molecule has 0 heterocycles. The predicted octanol–water partition coefficient (Wildman–Crippen LogP) is 7.55. The molecule has 0 aliphatic rings. The second-order valence-electron chi connectivity index (χ2n) is 5.44. The van der Waals surface area contributed by atoms with E-state index in [1.165, 1.54) is 22.3 Å². The standard InChI is InChI=1S/C22H16Br2/c23-21-12-8-17(9-13-21)4-6-19-2-1-3-20(16-19)7-5-18-10-14-22(24)15-11-18/h1-16H. The molecule has 0 atom stereocenters. The van der Waals surface area contributed by atoms with Gasteiger partial charge in [0.05, 0.1) is 0 Å². The second-order valence-corrected chi connectivity index (χ2v) is 7.27. The summed E-state index contributed by atoms with van der Waals surface area (Å²) < 4.78 is 2.19. The van der Waals surface area contributed by atoms with Crippen molar-refractivity contribution in [2.24, 2.45) is 0 Å². The fraction of sp³-hybridized carbons (Fsp3) is 0. The lowest BCUT2D eigenvalue weighted by Gasteiger charge is -1.99. The van der Waals surface area contributed by atoms with Crippen LogP contribution in [0.2, 0.25) is 0 Å². The molecule has 3 aromatic rings. The predicted molar refractivity (Wildman–Crippen MR) is 113 cm³/mol. The summed E-state index contributed by atoms with van der Waals surface area (Å²) in [6.45, 7) is 0. The Hall–Kier alpha value is -1.90. The summed E-state index contributed by atoms with van der Waals surface area (Å²) in [7, 11) is 0. The van der Waals surface area contributed by atoms with Crippen LogP contribution < -0.4 is 0 Å². The van der Waals surface area contributed by atoms with E-state index in [1.54, 1.807) is 0 Å². The summed E-state index contributed by atoms with van der Waals surface area (Å²) in [5.41, 5.74) is 4.76. The summed E-state index contributed by atoms with van der Waals surface area (Å²) in [5, 5.41) is 0. The lowest BCUT2D eigenvalue weighted by Crippen LogP contribution is -1.77. The van der Waals surface area contributed by atoms with Crippen molar-refractivity contribution in [2.75, 3.05) is 0 Å². The highest BCUT2D eigenvalue weighted by molar-refractivity contribution is 9.10. The smallest absolute Gasteiger partial charge is 0.0175 e. The lowest BCUT2D eigenvalue weighted by atomic mass is 10.1. The Morgan fingerprint density at radius 1 is 0.458 bits per heavy atom. The van der Waals surface area contributed by atoms with Gasteiger partial charge in [0.25, 0.3) is 0 Å². The molecule has 3 rings (SSSR count). The zero-order valence-electron chi connectivity index (χ0n) is 13.0. The Morgan fingerprint density at radius 3 is 1.25 bits per heavy atom. The average molecular weight is 440 g/mol. The van der Waals surface area contributed by atoms with Gasteiger partial charge >= 0.3 is 0 Å². The number of hydrogen-bond acceptors (Lipinski definition) is 0. The van der Waals surface area contributed by atoms with E-state index in [9.17, 15) is 0 Å². The van der Waals surface area contributed by atoms with Crippen LogP contribution in [0.1, 0.15) is 22.3 Å². The molecule has 0 spiro atoms. The van der Waals surface area contributed by atoms with Crippen LogP contribution >= 0.6 is 31.9 Å². The van der Waals surface area contributed by atoms with E-state index in [1.807, 2.05) is 0 Å². The van der Waals surface area contributed by atoms with Gasteiger partial charge in [-0.2, -0.15) is 0 Å². The Labute approximate surface area is 159 Å². The van der Waals surface area contributed by atoms with E-state index in [0.717, 1.165) is 8.95 Å². The molecule has 2 heteroatoms. The van der Waals surface area contributed by atoms with E-state index in [4.69, 9.17) is 0 Å². The van der Waals surface area contributed by atoms with Gasteiger partial charge in [-0.3, -0.25) is 0 Å². The molecule has 0 fully saturated rings. The van der Waals surface area contributed by atoms with Crippen molar-refractivity contribution in [1.29, 1.82) is 0 Å². The minimum absolute atomic E-state index is 1.10. The minimum Gasteiger partial charge on any atom is -0.0611 e. The van der Waals surface area contributed by atoms with Crippen molar-refractivity contribution in [2.45, 2.75) is 0 Å². The zero-order valence-corrected chi connectivity index (χ0v) is 16.2. The first-order valence-corrected chi connectivity index (χ1v) is 9.25. The van der Waals surface area contributed by atoms with Crippen molar-refractivity contribution in [3.05, 3.63) is 104 Å². The van der Waals surface area contributed by atoms with Gasteiger partial charge in [0.1, 0.15) is 0 Å². The number of halogens is 2. The zero-order chi connectivity index (χ0) is 16.8. The number of rotatable bonds is 4. The molecule has 0 amide bonds. The van der Waals surface area contributed by atoms with Crippen molar-refractivity contribution in [3.8, 4) is 0 Å². The van der Waals surface area contributed by atoms with Gasteiger partial charge in [-0.1, -0.05) is 98.6 Å². The largest absolute Gasteiger partial charge is 0.0611 e. The van der Waals surface area contributed by atoms with Crippen molar-refractivity contribution >= 4 is 56.2 Å². The highest BCUT2D eigenvalue weighted by Gasteiger charge is 1.92. The summed E-state index contributed by atoms with van der Waals surface area (Å²) in [6.07, 6.45) is 8.54. The van der Waals surface area contributed by atoms with Gasteiger partial charge in [-0.05, 0) is 52.6 Å². The van der Waals surface area contributed by atoms with Gasteiger partial charge in [-0.15, -0.1) is 0 Å². The Morgan fingerprint density at radius 2 is 0.833 bits per heavy atom. The lowest BCUT2D eigenvalue weighted by molar-refractivity contribution is 1.60. The third-order valence-corrected chi connectivity index (χ3v) is 4.64. The van der Waals surface area contributed by atoms with Crippen molar-refractivity contribution in [1.82, 2.24) is 0 Å². The molecule has 0 bridgehead atoms. The molecule has 0 aliphatic heterocycles. The molecule has 0 nitrogen and oxygen atoms in total. The van der Waals surface area contributed by atoms with Crippen LogP contribution in [0.4, 0.5) is 0 Å². The van der Waals surface area contributed by atoms with E-state index in [2.05, 4.69) is 129 Å². The Bertz CT molecular complexity index is 786. The fourth-order valence-corrected chi connectivity index (χ4v) is 2.83. The van der Waals surface area contributed by atoms with Gasteiger partial charge in [0, 0.05) is 8.95 Å². The first kappa shape index (κ1) is 16.9. The molecular formula is C22H16Br2. The minimum atomic E-state index is 1.10. The molecular weight excluding hydrogens is 424 g/mol. The highest BCUT2D eigenvalue weighted by Crippen LogP contribution is 2.16. The maximum atomic E-state index is 3.46. The summed E-state index contributed by atoms with van der Waals surface area (Å²) in [4.78, 5) is 0. The Kier molecular flexibility index (Phi) is 5.84. The van der Waals surface area contributed by atoms with Crippen LogP contribution in [-0.2, 0) is 0 Å². The van der Waals surface area contributed by atoms with E-state index in [-0.39, 0.29) is 0 Å². The van der Waals surface area contributed by atoms with Crippen molar-refractivity contribution < 1.29 is 0 Å². The molecule has 0 radical (unpaired) electrons. The molecule has 0 saturated heterocycles. The molecule has 0 aromatic heterocycles. The Balaban J connectivity index is 1.74. The monoisotopic (exact) mass is 438 g/mol. The van der Waals surface area contributed by atoms with Gasteiger partial charge < -0.3 is 0 Å². The topological polar surface area (TPSA) is 0 Å². The number of benzene rings is 3. The van der Waals surface area contributed by atoms with Crippen LogP contribution in [0, 0.1) is 0 Å². The van der Waals surface area contributed by atoms with E-state index >= 15 is 0 Å². The molecule has 3 aromatic carbocycles. The second kappa shape index (κ2) is 8.27. The maximum Gasteiger partial charge on any atom is 0.0175 e. The van der Waals surface area contributed by atoms with Crippen LogP contribution in [-0.4, -0.2) is 0 Å². The van der Waals surface area contributed by atoms with Crippen LogP contribution in [0.3, 0.4) is 0 Å². The fourth-order valence-electron chi connectivity index (χ4n) is 2.30. The summed E-state index contributed by atoms with van der Waals surface area (Å²) >= 11 is 6.91. The summed E-state index contributed by atoms with van der Waals surface area (Å²) in [6, 6.07) is 25.1. The number of hydrogen-bond donors (Lipinski definition) is 0. The van der Waals surface area contributed by atoms with Gasteiger partial charge in [0.2, 0.25) is 0 Å². The van der Waals surface area contributed by atoms with Crippen molar-refractivity contribution in [3.63, 3.8) is 0 Å². The third-order valence-electron chi connectivity index (χ3n) is 3.59. The summed E-state index contributed by atoms with van der Waals surface area (Å²) in [5.74, 6) is 0. The molecule has 0 unspecified atom stereocenters. The van der Waals surface area contributed by atoms with E-state index in [0.29, 0.717) is 0 Å². The average Bonchev–Trinajstić information content (AvgIpc) is 2.61. The molecule has 0 N–H and O–H groups in total. The molecule has 118 valence electrons. The van der Waals surface area contributed by atoms with Gasteiger partial charge in [-0.25, -0.2) is 0 Å². The first-order chi connectivity index (χ1) is 11.7. The molecule has 0 saturated carbocycles. The maximum absolute atomic E-state index is 3.46. The SMILES string of the molecule is Brc1ccc(C=Cc2cccc(C=Cc3ccc(Br)cc3)c2)cc1. The van der Waals surface area contributed by atoms with Crippen LogP contribution in [0.25, 0.3) is 24.3 Å². The highest BCUT2D eigenvalue weighted by atomic mass is 79.9. The van der Waals surface area contributed by atoms with Crippen LogP contribution in [0.5, 0.6) is 0 Å². The van der Waals surface area contributed by atoms with E-state index < -0.39 is 0 Å². The quantitative estimate of drug-likeness (QED) is 0.368. The van der Waals surface area contributed by atoms with Crippen LogP contribution in [0.15, 0.2) is 81.7 Å². The normalized spacial score (nSPS) is 11.4. The molecule has 24 heavy (non-hydrogen) atoms. The molecule has 0 aliphatic carbocycles. The third kappa shape index (κ3) is 5.05.